The highest BCUT2D eigenvalue weighted by atomic mass is 32.2. The lowest BCUT2D eigenvalue weighted by molar-refractivity contribution is 0.373. The summed E-state index contributed by atoms with van der Waals surface area (Å²) in [5.41, 5.74) is 0. The van der Waals surface area contributed by atoms with Gasteiger partial charge < -0.3 is 10.1 Å². The first-order chi connectivity index (χ1) is 7.86. The molecule has 17 heavy (non-hydrogen) atoms. The van der Waals surface area contributed by atoms with Gasteiger partial charge >= 0.3 is 0 Å². The van der Waals surface area contributed by atoms with Crippen LogP contribution in [0.1, 0.15) is 13.8 Å². The van der Waals surface area contributed by atoms with Gasteiger partial charge in [0.05, 0.1) is 18.1 Å². The molecule has 6 nitrogen and oxygen atoms in total. The Morgan fingerprint density at radius 1 is 1.53 bits per heavy atom. The predicted octanol–water partition coefficient (Wildman–Crippen LogP) is 0.664. The molecule has 0 aromatic carbocycles. The monoisotopic (exact) mass is 261 g/mol. The molecule has 98 valence electrons. The lowest BCUT2D eigenvalue weighted by atomic mass is 10.6. The minimum Gasteiger partial charge on any atom is -0.481 e. The van der Waals surface area contributed by atoms with Gasteiger partial charge in [0.2, 0.25) is 5.88 Å². The SMILES string of the molecule is COc1cc(NCCS(=O)(=O)C(C)C)nn1C. The zero-order chi connectivity index (χ0) is 13.1. The van der Waals surface area contributed by atoms with Crippen molar-refractivity contribution < 1.29 is 13.2 Å². The molecule has 0 saturated carbocycles. The van der Waals surface area contributed by atoms with Crippen molar-refractivity contribution in [1.82, 2.24) is 9.78 Å². The molecule has 0 saturated heterocycles. The van der Waals surface area contributed by atoms with Crippen molar-refractivity contribution in [2.24, 2.45) is 7.05 Å². The van der Waals surface area contributed by atoms with Gasteiger partial charge in [0.1, 0.15) is 0 Å². The summed E-state index contributed by atoms with van der Waals surface area (Å²) in [5.74, 6) is 1.34. The number of ether oxygens (including phenoxy) is 1. The van der Waals surface area contributed by atoms with E-state index in [1.807, 2.05) is 0 Å². The van der Waals surface area contributed by atoms with Gasteiger partial charge in [0.25, 0.3) is 0 Å². The number of aromatic nitrogens is 2. The third-order valence-electron chi connectivity index (χ3n) is 2.46. The van der Waals surface area contributed by atoms with E-state index in [9.17, 15) is 8.42 Å². The summed E-state index contributed by atoms with van der Waals surface area (Å²) in [4.78, 5) is 0. The Morgan fingerprint density at radius 3 is 2.65 bits per heavy atom. The molecule has 0 aliphatic heterocycles. The largest absolute Gasteiger partial charge is 0.481 e. The van der Waals surface area contributed by atoms with Crippen LogP contribution < -0.4 is 10.1 Å². The van der Waals surface area contributed by atoms with Crippen molar-refractivity contribution in [2.45, 2.75) is 19.1 Å². The van der Waals surface area contributed by atoms with Crippen LogP contribution >= 0.6 is 0 Å². The molecular formula is C10H19N3O3S. The minimum absolute atomic E-state index is 0.101. The van der Waals surface area contributed by atoms with Crippen LogP contribution in [0, 0.1) is 0 Å². The predicted molar refractivity (Wildman–Crippen MR) is 67.2 cm³/mol. The summed E-state index contributed by atoms with van der Waals surface area (Å²) in [6, 6.07) is 1.72. The van der Waals surface area contributed by atoms with Crippen LogP contribution in [0.2, 0.25) is 0 Å². The van der Waals surface area contributed by atoms with Gasteiger partial charge in [-0.3, -0.25) is 0 Å². The van der Waals surface area contributed by atoms with Gasteiger partial charge in [0.15, 0.2) is 15.7 Å². The number of methoxy groups -OCH3 is 1. The number of hydrogen-bond donors (Lipinski definition) is 1. The normalized spacial score (nSPS) is 11.8. The smallest absolute Gasteiger partial charge is 0.213 e. The van der Waals surface area contributed by atoms with E-state index in [4.69, 9.17) is 4.74 Å². The Hall–Kier alpha value is -1.24. The van der Waals surface area contributed by atoms with E-state index < -0.39 is 9.84 Å². The highest BCUT2D eigenvalue weighted by molar-refractivity contribution is 7.92. The fraction of sp³-hybridized carbons (Fsp3) is 0.700. The lowest BCUT2D eigenvalue weighted by Gasteiger charge is -2.07. The first kappa shape index (κ1) is 13.8. The number of rotatable bonds is 6. The van der Waals surface area contributed by atoms with Gasteiger partial charge in [-0.1, -0.05) is 0 Å². The summed E-state index contributed by atoms with van der Waals surface area (Å²) in [6.45, 7) is 3.71. The maximum atomic E-state index is 11.6. The number of hydrogen-bond acceptors (Lipinski definition) is 5. The van der Waals surface area contributed by atoms with Crippen molar-refractivity contribution in [3.05, 3.63) is 6.07 Å². The van der Waals surface area contributed by atoms with Crippen LogP contribution in [0.4, 0.5) is 5.82 Å². The highest BCUT2D eigenvalue weighted by Crippen LogP contribution is 2.14. The average molecular weight is 261 g/mol. The van der Waals surface area contributed by atoms with Crippen molar-refractivity contribution in [3.63, 3.8) is 0 Å². The van der Waals surface area contributed by atoms with Crippen LogP contribution in [0.5, 0.6) is 5.88 Å². The first-order valence-electron chi connectivity index (χ1n) is 5.40. The molecule has 1 aromatic heterocycles. The summed E-state index contributed by atoms with van der Waals surface area (Å²) < 4.78 is 29.8. The van der Waals surface area contributed by atoms with Crippen LogP contribution in [0.25, 0.3) is 0 Å². The third-order valence-corrected chi connectivity index (χ3v) is 4.67. The van der Waals surface area contributed by atoms with E-state index in [-0.39, 0.29) is 11.0 Å². The Morgan fingerprint density at radius 2 is 2.18 bits per heavy atom. The summed E-state index contributed by atoms with van der Waals surface area (Å²) in [6.07, 6.45) is 0. The van der Waals surface area contributed by atoms with Crippen LogP contribution in [0.15, 0.2) is 6.07 Å². The quantitative estimate of drug-likeness (QED) is 0.814. The molecule has 0 unspecified atom stereocenters. The fourth-order valence-corrected chi connectivity index (χ4v) is 2.14. The second-order valence-corrected chi connectivity index (χ2v) is 6.71. The first-order valence-corrected chi connectivity index (χ1v) is 7.12. The highest BCUT2D eigenvalue weighted by Gasteiger charge is 2.15. The molecule has 7 heteroatoms. The molecule has 0 amide bonds. The molecule has 0 aliphatic carbocycles. The Labute approximate surface area is 102 Å². The van der Waals surface area contributed by atoms with E-state index in [1.165, 1.54) is 0 Å². The molecule has 1 N–H and O–H groups in total. The molecule has 0 spiro atoms. The van der Waals surface area contributed by atoms with Crippen LogP contribution in [0.3, 0.4) is 0 Å². The molecule has 0 atom stereocenters. The minimum atomic E-state index is -3.01. The summed E-state index contributed by atoms with van der Waals surface area (Å²) in [7, 11) is 0.313. The molecular weight excluding hydrogens is 242 g/mol. The fourth-order valence-electron chi connectivity index (χ4n) is 1.28. The molecule has 1 rings (SSSR count). The molecule has 1 heterocycles. The van der Waals surface area contributed by atoms with E-state index in [0.29, 0.717) is 18.2 Å². The molecule has 0 radical (unpaired) electrons. The van der Waals surface area contributed by atoms with Gasteiger partial charge in [-0.25, -0.2) is 13.1 Å². The van der Waals surface area contributed by atoms with Crippen molar-refractivity contribution in [1.29, 1.82) is 0 Å². The van der Waals surface area contributed by atoms with Crippen molar-refractivity contribution >= 4 is 15.7 Å². The Bertz CT molecular complexity index is 465. The van der Waals surface area contributed by atoms with E-state index in [2.05, 4.69) is 10.4 Å². The zero-order valence-corrected chi connectivity index (χ0v) is 11.4. The van der Waals surface area contributed by atoms with Crippen molar-refractivity contribution in [3.8, 4) is 5.88 Å². The Balaban J connectivity index is 2.52. The number of aryl methyl sites for hydroxylation is 1. The molecule has 0 fully saturated rings. The third kappa shape index (κ3) is 3.62. The van der Waals surface area contributed by atoms with E-state index in [1.54, 1.807) is 38.8 Å². The van der Waals surface area contributed by atoms with Gasteiger partial charge in [-0.05, 0) is 13.8 Å². The van der Waals surface area contributed by atoms with E-state index in [0.717, 1.165) is 0 Å². The maximum Gasteiger partial charge on any atom is 0.213 e. The number of anilines is 1. The van der Waals surface area contributed by atoms with Gasteiger partial charge in [-0.2, -0.15) is 5.10 Å². The van der Waals surface area contributed by atoms with Crippen LogP contribution in [-0.4, -0.2) is 42.9 Å². The number of nitrogens with zero attached hydrogens (tertiary/aromatic N) is 2. The van der Waals surface area contributed by atoms with E-state index >= 15 is 0 Å². The number of nitrogens with one attached hydrogen (secondary N) is 1. The van der Waals surface area contributed by atoms with Crippen molar-refractivity contribution in [2.75, 3.05) is 24.7 Å². The second-order valence-electron chi connectivity index (χ2n) is 4.04. The second kappa shape index (κ2) is 5.39. The maximum absolute atomic E-state index is 11.6. The zero-order valence-electron chi connectivity index (χ0n) is 10.6. The molecule has 0 bridgehead atoms. The van der Waals surface area contributed by atoms with Gasteiger partial charge in [0, 0.05) is 19.7 Å². The van der Waals surface area contributed by atoms with Crippen LogP contribution in [-0.2, 0) is 16.9 Å². The molecule has 1 aromatic rings. The lowest BCUT2D eigenvalue weighted by Crippen LogP contribution is -2.23. The topological polar surface area (TPSA) is 73.2 Å². The molecule has 0 aliphatic rings. The standard InChI is InChI=1S/C10H19N3O3S/c1-8(2)17(14,15)6-5-11-9-7-10(16-4)13(3)12-9/h7-8H,5-6H2,1-4H3,(H,11,12). The Kier molecular flexibility index (Phi) is 4.39. The number of sulfone groups is 1. The summed E-state index contributed by atoms with van der Waals surface area (Å²) in [5, 5.41) is 6.75. The average Bonchev–Trinajstić information content (AvgIpc) is 2.58. The summed E-state index contributed by atoms with van der Waals surface area (Å²) >= 11 is 0. The van der Waals surface area contributed by atoms with Gasteiger partial charge in [-0.15, -0.1) is 0 Å².